The Morgan fingerprint density at radius 1 is 0.889 bits per heavy atom. The van der Waals surface area contributed by atoms with Crippen LogP contribution < -0.4 is 5.32 Å². The summed E-state index contributed by atoms with van der Waals surface area (Å²) in [4.78, 5) is 12.2. The first-order valence-electron chi connectivity index (χ1n) is 6.45. The largest absolute Gasteiger partial charge is 0.355 e. The van der Waals surface area contributed by atoms with Crippen LogP contribution >= 0.6 is 0 Å². The molecule has 0 heterocycles. The molecule has 0 saturated carbocycles. The number of nitrogens with one attached hydrogen (secondary N) is 1. The molecule has 0 saturated heterocycles. The van der Waals surface area contributed by atoms with E-state index in [2.05, 4.69) is 46.9 Å². The van der Waals surface area contributed by atoms with E-state index >= 15 is 0 Å². The lowest BCUT2D eigenvalue weighted by Crippen LogP contribution is -2.27. The molecule has 1 N–H and O–H groups in total. The van der Waals surface area contributed by atoms with Crippen LogP contribution in [0.1, 0.15) is 58.9 Å². The van der Waals surface area contributed by atoms with Crippen LogP contribution in [0, 0.1) is 27.7 Å². The number of carbonyl (C=O) groups excluding carboxylic acids is 1. The first kappa shape index (κ1) is 14.7. The van der Waals surface area contributed by atoms with Crippen LogP contribution in [0.25, 0.3) is 0 Å². The maximum absolute atomic E-state index is 12.2. The van der Waals surface area contributed by atoms with E-state index in [9.17, 15) is 4.79 Å². The second-order valence-corrected chi connectivity index (χ2v) is 6.08. The van der Waals surface area contributed by atoms with Crippen molar-refractivity contribution < 1.29 is 4.79 Å². The van der Waals surface area contributed by atoms with Gasteiger partial charge in [-0.25, -0.2) is 0 Å². The van der Waals surface area contributed by atoms with Gasteiger partial charge in [0.05, 0.1) is 0 Å². The molecule has 2 heteroatoms. The van der Waals surface area contributed by atoms with E-state index in [0.29, 0.717) is 0 Å². The van der Waals surface area contributed by atoms with Crippen molar-refractivity contribution in [3.8, 4) is 0 Å². The number of amides is 1. The lowest BCUT2D eigenvalue weighted by atomic mass is 9.76. The lowest BCUT2D eigenvalue weighted by molar-refractivity contribution is 0.0960. The molecule has 0 aliphatic carbocycles. The Balaban J connectivity index is 3.82. The van der Waals surface area contributed by atoms with Gasteiger partial charge in [0, 0.05) is 12.6 Å². The van der Waals surface area contributed by atoms with E-state index in [4.69, 9.17) is 0 Å². The molecule has 1 amide bonds. The Morgan fingerprint density at radius 2 is 1.33 bits per heavy atom. The zero-order valence-electron chi connectivity index (χ0n) is 12.9. The van der Waals surface area contributed by atoms with Crippen molar-refractivity contribution in [1.29, 1.82) is 0 Å². The number of hydrogen-bond donors (Lipinski definition) is 1. The Labute approximate surface area is 111 Å². The first-order chi connectivity index (χ1) is 8.12. The highest BCUT2D eigenvalue weighted by Crippen LogP contribution is 2.35. The summed E-state index contributed by atoms with van der Waals surface area (Å²) >= 11 is 0. The topological polar surface area (TPSA) is 29.1 Å². The summed E-state index contributed by atoms with van der Waals surface area (Å²) in [5.74, 6) is 0.0172. The SMILES string of the molecule is CNC(=O)c1c(C)c(C)c(C)c(C)c1C(C)(C)C. The Hall–Kier alpha value is -1.31. The molecule has 0 aliphatic rings. The second-order valence-electron chi connectivity index (χ2n) is 6.08. The van der Waals surface area contributed by atoms with Crippen LogP contribution in [-0.2, 0) is 5.41 Å². The number of rotatable bonds is 1. The van der Waals surface area contributed by atoms with Crippen LogP contribution in [0.15, 0.2) is 0 Å². The maximum Gasteiger partial charge on any atom is 0.251 e. The van der Waals surface area contributed by atoms with Gasteiger partial charge in [0.2, 0.25) is 0 Å². The molecule has 1 aromatic carbocycles. The van der Waals surface area contributed by atoms with Crippen LogP contribution in [0.2, 0.25) is 0 Å². The van der Waals surface area contributed by atoms with Crippen LogP contribution in [-0.4, -0.2) is 13.0 Å². The van der Waals surface area contributed by atoms with Gasteiger partial charge in [-0.2, -0.15) is 0 Å². The zero-order chi connectivity index (χ0) is 14.2. The molecule has 100 valence electrons. The fourth-order valence-electron chi connectivity index (χ4n) is 2.66. The van der Waals surface area contributed by atoms with Gasteiger partial charge in [-0.05, 0) is 60.9 Å². The third-order valence-electron chi connectivity index (χ3n) is 3.89. The smallest absolute Gasteiger partial charge is 0.251 e. The normalized spacial score (nSPS) is 11.6. The minimum Gasteiger partial charge on any atom is -0.355 e. The summed E-state index contributed by atoms with van der Waals surface area (Å²) in [6.07, 6.45) is 0. The summed E-state index contributed by atoms with van der Waals surface area (Å²) in [7, 11) is 1.69. The summed E-state index contributed by atoms with van der Waals surface area (Å²) in [5.41, 5.74) is 6.85. The summed E-state index contributed by atoms with van der Waals surface area (Å²) in [6, 6.07) is 0. The van der Waals surface area contributed by atoms with Gasteiger partial charge >= 0.3 is 0 Å². The number of hydrogen-bond acceptors (Lipinski definition) is 1. The van der Waals surface area contributed by atoms with E-state index in [0.717, 1.165) is 11.1 Å². The first-order valence-corrected chi connectivity index (χ1v) is 6.45. The molecule has 0 aliphatic heterocycles. The molecule has 0 bridgehead atoms. The highest BCUT2D eigenvalue weighted by molar-refractivity contribution is 5.98. The lowest BCUT2D eigenvalue weighted by Gasteiger charge is -2.28. The average molecular weight is 247 g/mol. The van der Waals surface area contributed by atoms with Gasteiger partial charge in [0.15, 0.2) is 0 Å². The van der Waals surface area contributed by atoms with Crippen molar-refractivity contribution in [2.75, 3.05) is 7.05 Å². The van der Waals surface area contributed by atoms with Gasteiger partial charge in [-0.3, -0.25) is 4.79 Å². The van der Waals surface area contributed by atoms with Crippen LogP contribution in [0.3, 0.4) is 0 Å². The molecule has 0 fully saturated rings. The van der Waals surface area contributed by atoms with Crippen molar-refractivity contribution in [3.63, 3.8) is 0 Å². The summed E-state index contributed by atoms with van der Waals surface area (Å²) in [5, 5.41) is 2.77. The van der Waals surface area contributed by atoms with Crippen LogP contribution in [0.4, 0.5) is 0 Å². The highest BCUT2D eigenvalue weighted by Gasteiger charge is 2.27. The molecule has 1 aromatic rings. The summed E-state index contributed by atoms with van der Waals surface area (Å²) in [6.45, 7) is 14.9. The van der Waals surface area contributed by atoms with E-state index in [1.54, 1.807) is 7.05 Å². The van der Waals surface area contributed by atoms with Gasteiger partial charge in [-0.1, -0.05) is 20.8 Å². The average Bonchev–Trinajstić information content (AvgIpc) is 2.28. The Morgan fingerprint density at radius 3 is 1.72 bits per heavy atom. The van der Waals surface area contributed by atoms with Gasteiger partial charge in [0.1, 0.15) is 0 Å². The molecular formula is C16H25NO. The zero-order valence-corrected chi connectivity index (χ0v) is 12.9. The Bertz CT molecular complexity index is 493. The van der Waals surface area contributed by atoms with Crippen molar-refractivity contribution in [3.05, 3.63) is 33.4 Å². The standard InChI is InChI=1S/C16H25NO/c1-9-10(2)12(4)14(16(5,6)7)13(11(9)3)15(18)17-8/h1-8H3,(H,17,18). The number of benzene rings is 1. The van der Waals surface area contributed by atoms with E-state index in [-0.39, 0.29) is 11.3 Å². The van der Waals surface area contributed by atoms with Gasteiger partial charge in [0.25, 0.3) is 5.91 Å². The molecule has 1 rings (SSSR count). The predicted octanol–water partition coefficient (Wildman–Crippen LogP) is 3.58. The molecule has 2 nitrogen and oxygen atoms in total. The van der Waals surface area contributed by atoms with E-state index in [1.165, 1.54) is 22.3 Å². The molecule has 0 aromatic heterocycles. The quantitative estimate of drug-likeness (QED) is 0.807. The fraction of sp³-hybridized carbons (Fsp3) is 0.562. The molecular weight excluding hydrogens is 222 g/mol. The monoisotopic (exact) mass is 247 g/mol. The maximum atomic E-state index is 12.2. The highest BCUT2D eigenvalue weighted by atomic mass is 16.1. The third kappa shape index (κ3) is 2.29. The summed E-state index contributed by atoms with van der Waals surface area (Å²) < 4.78 is 0. The number of carbonyl (C=O) groups is 1. The van der Waals surface area contributed by atoms with Crippen molar-refractivity contribution in [2.24, 2.45) is 0 Å². The molecule has 0 spiro atoms. The van der Waals surface area contributed by atoms with Gasteiger partial charge < -0.3 is 5.32 Å². The van der Waals surface area contributed by atoms with Crippen molar-refractivity contribution >= 4 is 5.91 Å². The Kier molecular flexibility index (Phi) is 3.89. The van der Waals surface area contributed by atoms with Gasteiger partial charge in [-0.15, -0.1) is 0 Å². The molecule has 0 radical (unpaired) electrons. The van der Waals surface area contributed by atoms with E-state index < -0.39 is 0 Å². The van der Waals surface area contributed by atoms with Crippen molar-refractivity contribution in [2.45, 2.75) is 53.9 Å². The van der Waals surface area contributed by atoms with E-state index in [1.807, 2.05) is 6.92 Å². The molecule has 0 atom stereocenters. The molecule has 0 unspecified atom stereocenters. The van der Waals surface area contributed by atoms with Crippen molar-refractivity contribution in [1.82, 2.24) is 5.32 Å². The fourth-order valence-corrected chi connectivity index (χ4v) is 2.66. The minimum absolute atomic E-state index is 0.0172. The predicted molar refractivity (Wildman–Crippen MR) is 77.5 cm³/mol. The molecule has 18 heavy (non-hydrogen) atoms. The minimum atomic E-state index is -0.0326. The second kappa shape index (κ2) is 4.75. The third-order valence-corrected chi connectivity index (χ3v) is 3.89. The van der Waals surface area contributed by atoms with Crippen LogP contribution in [0.5, 0.6) is 0 Å².